The summed E-state index contributed by atoms with van der Waals surface area (Å²) in [5.41, 5.74) is 0. The van der Waals surface area contributed by atoms with Crippen LogP contribution in [0.4, 0.5) is 0 Å². The molecule has 0 aromatic carbocycles. The minimum Gasteiger partial charge on any atom is -0.362 e. The molecule has 2 aliphatic rings. The van der Waals surface area contributed by atoms with Gasteiger partial charge in [-0.2, -0.15) is 0 Å². The van der Waals surface area contributed by atoms with Crippen LogP contribution in [0.5, 0.6) is 0 Å². The van der Waals surface area contributed by atoms with Gasteiger partial charge in [-0.15, -0.1) is 0 Å². The summed E-state index contributed by atoms with van der Waals surface area (Å²) in [6.07, 6.45) is 8.05. The normalized spacial score (nSPS) is 34.9. The lowest BCUT2D eigenvalue weighted by Crippen LogP contribution is -2.36. The number of thioether (sulfide) groups is 1. The van der Waals surface area contributed by atoms with Gasteiger partial charge in [0.1, 0.15) is 0 Å². The fourth-order valence-electron chi connectivity index (χ4n) is 2.71. The summed E-state index contributed by atoms with van der Waals surface area (Å²) in [5.74, 6) is 0.893. The molecule has 0 radical (unpaired) electrons. The molecule has 3 unspecified atom stereocenters. The van der Waals surface area contributed by atoms with Gasteiger partial charge in [-0.05, 0) is 25.2 Å². The Hall–Kier alpha value is -0.180. The van der Waals surface area contributed by atoms with E-state index in [0.717, 1.165) is 17.7 Å². The Labute approximate surface area is 104 Å². The molecular formula is C13H24N2S. The fraction of sp³-hybridized carbons (Fsp3) is 0.923. The minimum atomic E-state index is 0.690. The summed E-state index contributed by atoms with van der Waals surface area (Å²) in [4.78, 5) is 4.62. The molecule has 0 amide bonds. The highest BCUT2D eigenvalue weighted by Crippen LogP contribution is 2.27. The van der Waals surface area contributed by atoms with E-state index in [1.807, 2.05) is 11.8 Å². The molecule has 0 aromatic heterocycles. The van der Waals surface area contributed by atoms with Crippen LogP contribution in [0.1, 0.15) is 52.4 Å². The Morgan fingerprint density at radius 2 is 2.31 bits per heavy atom. The average Bonchev–Trinajstić information content (AvgIpc) is 2.66. The lowest BCUT2D eigenvalue weighted by molar-refractivity contribution is 0.327. The third-order valence-corrected chi connectivity index (χ3v) is 4.78. The standard InChI is InChI=1S/C13H24N2S/c1-3-5-12-9-14-13(16-12)15-11-7-4-6-10(2)8-11/h10-12H,3-9H2,1-2H3,(H,14,15). The zero-order valence-electron chi connectivity index (χ0n) is 10.5. The predicted molar refractivity (Wildman–Crippen MR) is 73.1 cm³/mol. The molecule has 2 nitrogen and oxygen atoms in total. The molecule has 0 bridgehead atoms. The van der Waals surface area contributed by atoms with E-state index < -0.39 is 0 Å². The number of nitrogens with one attached hydrogen (secondary N) is 1. The van der Waals surface area contributed by atoms with Crippen LogP contribution in [0.2, 0.25) is 0 Å². The van der Waals surface area contributed by atoms with Gasteiger partial charge in [-0.25, -0.2) is 0 Å². The van der Waals surface area contributed by atoms with Gasteiger partial charge in [0.25, 0.3) is 0 Å². The summed E-state index contributed by atoms with van der Waals surface area (Å²) in [5, 5.41) is 5.61. The van der Waals surface area contributed by atoms with E-state index in [-0.39, 0.29) is 0 Å². The Morgan fingerprint density at radius 3 is 3.06 bits per heavy atom. The largest absolute Gasteiger partial charge is 0.362 e. The first-order chi connectivity index (χ1) is 7.78. The maximum atomic E-state index is 4.62. The van der Waals surface area contributed by atoms with Crippen molar-refractivity contribution >= 4 is 16.9 Å². The van der Waals surface area contributed by atoms with Gasteiger partial charge in [0.2, 0.25) is 0 Å². The Balaban J connectivity index is 1.74. The number of aliphatic imine (C=N–C) groups is 1. The third kappa shape index (κ3) is 3.41. The first kappa shape index (κ1) is 12.3. The molecular weight excluding hydrogens is 216 g/mol. The van der Waals surface area contributed by atoms with Crippen LogP contribution >= 0.6 is 11.8 Å². The molecule has 92 valence electrons. The van der Waals surface area contributed by atoms with Gasteiger partial charge in [-0.3, -0.25) is 4.99 Å². The number of amidine groups is 1. The lowest BCUT2D eigenvalue weighted by atomic mass is 9.87. The lowest BCUT2D eigenvalue weighted by Gasteiger charge is -2.28. The van der Waals surface area contributed by atoms with Crippen LogP contribution in [-0.2, 0) is 0 Å². The molecule has 0 saturated heterocycles. The van der Waals surface area contributed by atoms with Crippen molar-refractivity contribution in [3.63, 3.8) is 0 Å². The number of hydrogen-bond donors (Lipinski definition) is 1. The summed E-state index contributed by atoms with van der Waals surface area (Å²) >= 11 is 1.97. The molecule has 3 heteroatoms. The highest BCUT2D eigenvalue weighted by molar-refractivity contribution is 8.14. The molecule has 1 N–H and O–H groups in total. The van der Waals surface area contributed by atoms with E-state index in [4.69, 9.17) is 0 Å². The monoisotopic (exact) mass is 240 g/mol. The van der Waals surface area contributed by atoms with Crippen LogP contribution < -0.4 is 5.32 Å². The van der Waals surface area contributed by atoms with E-state index in [9.17, 15) is 0 Å². The first-order valence-corrected chi connectivity index (χ1v) is 7.63. The SMILES string of the molecule is CCCC1CN=C(NC2CCCC(C)C2)S1. The number of rotatable bonds is 3. The Bertz CT molecular complexity index is 252. The number of hydrogen-bond acceptors (Lipinski definition) is 3. The van der Waals surface area contributed by atoms with Crippen LogP contribution in [0.25, 0.3) is 0 Å². The zero-order valence-corrected chi connectivity index (χ0v) is 11.4. The maximum absolute atomic E-state index is 4.62. The van der Waals surface area contributed by atoms with E-state index >= 15 is 0 Å². The molecule has 1 saturated carbocycles. The highest BCUT2D eigenvalue weighted by atomic mass is 32.2. The molecule has 1 heterocycles. The van der Waals surface area contributed by atoms with Crippen LogP contribution in [-0.4, -0.2) is 23.0 Å². The molecule has 2 rings (SSSR count). The molecule has 3 atom stereocenters. The second-order valence-corrected chi connectivity index (χ2v) is 6.58. The van der Waals surface area contributed by atoms with Gasteiger partial charge in [0, 0.05) is 11.3 Å². The van der Waals surface area contributed by atoms with Crippen LogP contribution in [0.3, 0.4) is 0 Å². The van der Waals surface area contributed by atoms with Gasteiger partial charge in [0.05, 0.1) is 6.54 Å². The Morgan fingerprint density at radius 1 is 1.44 bits per heavy atom. The molecule has 16 heavy (non-hydrogen) atoms. The van der Waals surface area contributed by atoms with Crippen molar-refractivity contribution in [2.45, 2.75) is 63.7 Å². The summed E-state index contributed by atoms with van der Waals surface area (Å²) in [7, 11) is 0. The smallest absolute Gasteiger partial charge is 0.157 e. The summed E-state index contributed by atoms with van der Waals surface area (Å²) < 4.78 is 0. The van der Waals surface area contributed by atoms with Crippen molar-refractivity contribution in [2.24, 2.45) is 10.9 Å². The van der Waals surface area contributed by atoms with Crippen molar-refractivity contribution in [1.82, 2.24) is 5.32 Å². The zero-order chi connectivity index (χ0) is 11.4. The topological polar surface area (TPSA) is 24.4 Å². The highest BCUT2D eigenvalue weighted by Gasteiger charge is 2.23. The summed E-state index contributed by atoms with van der Waals surface area (Å²) in [6, 6.07) is 0.690. The van der Waals surface area contributed by atoms with Crippen LogP contribution in [0.15, 0.2) is 4.99 Å². The molecule has 1 aliphatic carbocycles. The quantitative estimate of drug-likeness (QED) is 0.817. The van der Waals surface area contributed by atoms with Crippen LogP contribution in [0, 0.1) is 5.92 Å². The second kappa shape index (κ2) is 5.95. The van der Waals surface area contributed by atoms with Gasteiger partial charge in [-0.1, -0.05) is 44.9 Å². The van der Waals surface area contributed by atoms with Gasteiger partial charge < -0.3 is 5.32 Å². The predicted octanol–water partition coefficient (Wildman–Crippen LogP) is 3.43. The molecule has 0 spiro atoms. The fourth-order valence-corrected chi connectivity index (χ4v) is 3.91. The first-order valence-electron chi connectivity index (χ1n) is 6.75. The van der Waals surface area contributed by atoms with Gasteiger partial charge in [0.15, 0.2) is 5.17 Å². The molecule has 1 aliphatic heterocycles. The third-order valence-electron chi connectivity index (χ3n) is 3.59. The summed E-state index contributed by atoms with van der Waals surface area (Å²) in [6.45, 7) is 5.66. The van der Waals surface area contributed by atoms with E-state index in [1.54, 1.807) is 0 Å². The van der Waals surface area contributed by atoms with Crippen molar-refractivity contribution in [2.75, 3.05) is 6.54 Å². The van der Waals surface area contributed by atoms with Crippen molar-refractivity contribution in [1.29, 1.82) is 0 Å². The van der Waals surface area contributed by atoms with Crippen molar-refractivity contribution < 1.29 is 0 Å². The van der Waals surface area contributed by atoms with E-state index in [2.05, 4.69) is 24.2 Å². The van der Waals surface area contributed by atoms with E-state index in [1.165, 1.54) is 43.7 Å². The number of nitrogens with zero attached hydrogens (tertiary/aromatic N) is 1. The van der Waals surface area contributed by atoms with Crippen molar-refractivity contribution in [3.8, 4) is 0 Å². The van der Waals surface area contributed by atoms with Crippen molar-refractivity contribution in [3.05, 3.63) is 0 Å². The molecule has 1 fully saturated rings. The maximum Gasteiger partial charge on any atom is 0.157 e. The average molecular weight is 240 g/mol. The van der Waals surface area contributed by atoms with E-state index in [0.29, 0.717) is 6.04 Å². The second-order valence-electron chi connectivity index (χ2n) is 5.29. The van der Waals surface area contributed by atoms with Gasteiger partial charge >= 0.3 is 0 Å². The Kier molecular flexibility index (Phi) is 4.56. The minimum absolute atomic E-state index is 0.690. The molecule has 0 aromatic rings.